The summed E-state index contributed by atoms with van der Waals surface area (Å²) in [6, 6.07) is 1.97. The fourth-order valence-electron chi connectivity index (χ4n) is 3.09. The Hall–Kier alpha value is -1.86. The lowest BCUT2D eigenvalue weighted by atomic mass is 10.00. The van der Waals surface area contributed by atoms with E-state index in [4.69, 9.17) is 16.1 Å². The number of carbonyl (C=O) groups excluding carboxylic acids is 2. The smallest absolute Gasteiger partial charge is 0.279 e. The van der Waals surface area contributed by atoms with Crippen molar-refractivity contribution >= 4 is 34.8 Å². The van der Waals surface area contributed by atoms with Crippen molar-refractivity contribution in [1.82, 2.24) is 16.0 Å². The predicted octanol–water partition coefficient (Wildman–Crippen LogP) is 3.75. The molecule has 1 aliphatic carbocycles. The first-order valence-electron chi connectivity index (χ1n) is 8.86. The van der Waals surface area contributed by atoms with Crippen LogP contribution in [0.25, 0.3) is 0 Å². The minimum absolute atomic E-state index is 0.184. The molecule has 0 saturated carbocycles. The van der Waals surface area contributed by atoms with Crippen LogP contribution in [0.15, 0.2) is 10.6 Å². The Balaban J connectivity index is 1.50. The minimum Gasteiger partial charge on any atom is -0.344 e. The number of nitrogens with one attached hydrogen (secondary N) is 2. The molecule has 2 aromatic heterocycles. The van der Waals surface area contributed by atoms with E-state index >= 15 is 0 Å². The molecule has 0 aliphatic heterocycles. The number of hydrogen-bond acceptors (Lipinski definition) is 5. The molecule has 0 saturated heterocycles. The van der Waals surface area contributed by atoms with Gasteiger partial charge in [0.25, 0.3) is 5.91 Å². The van der Waals surface area contributed by atoms with Crippen LogP contribution in [0.3, 0.4) is 0 Å². The third kappa shape index (κ3) is 4.65. The largest absolute Gasteiger partial charge is 0.344 e. The average Bonchev–Trinajstić information content (AvgIpc) is 3.14. The monoisotopic (exact) mass is 395 g/mol. The van der Waals surface area contributed by atoms with E-state index in [1.54, 1.807) is 6.92 Å². The van der Waals surface area contributed by atoms with Crippen molar-refractivity contribution in [2.45, 2.75) is 58.3 Å². The highest BCUT2D eigenvalue weighted by molar-refractivity contribution is 7.14. The number of nitrogens with zero attached hydrogens (tertiary/aromatic N) is 1. The van der Waals surface area contributed by atoms with Gasteiger partial charge >= 0.3 is 0 Å². The third-order valence-corrected chi connectivity index (χ3v) is 6.11. The molecule has 0 bridgehead atoms. The molecule has 6 nitrogen and oxygen atoms in total. The molecule has 0 radical (unpaired) electrons. The van der Waals surface area contributed by atoms with Crippen LogP contribution in [-0.4, -0.2) is 17.0 Å². The first-order valence-corrected chi connectivity index (χ1v) is 10.1. The number of amides is 2. The van der Waals surface area contributed by atoms with Gasteiger partial charge in [-0.3, -0.25) is 20.4 Å². The lowest BCUT2D eigenvalue weighted by molar-refractivity contribution is -0.121. The van der Waals surface area contributed by atoms with Crippen LogP contribution in [0.5, 0.6) is 0 Å². The first kappa shape index (κ1) is 18.9. The Morgan fingerprint density at radius 3 is 2.73 bits per heavy atom. The molecule has 1 aliphatic rings. The summed E-state index contributed by atoms with van der Waals surface area (Å²) in [5.41, 5.74) is 7.62. The highest BCUT2D eigenvalue weighted by atomic mass is 35.5. The number of hydrogen-bond donors (Lipinski definition) is 2. The van der Waals surface area contributed by atoms with Gasteiger partial charge in [0, 0.05) is 16.9 Å². The predicted molar refractivity (Wildman–Crippen MR) is 100 cm³/mol. The fraction of sp³-hybridized carbons (Fsp3) is 0.500. The number of thiophene rings is 1. The number of carbonyl (C=O) groups is 2. The molecule has 0 atom stereocenters. The summed E-state index contributed by atoms with van der Waals surface area (Å²) < 4.78 is 4.86. The molecule has 8 heteroatoms. The van der Waals surface area contributed by atoms with E-state index < -0.39 is 0 Å². The molecule has 2 heterocycles. The van der Waals surface area contributed by atoms with Gasteiger partial charge < -0.3 is 4.52 Å². The maximum Gasteiger partial charge on any atom is 0.279 e. The highest BCUT2D eigenvalue weighted by Gasteiger charge is 2.17. The molecule has 3 rings (SSSR count). The van der Waals surface area contributed by atoms with Crippen LogP contribution >= 0.6 is 22.9 Å². The third-order valence-electron chi connectivity index (χ3n) is 4.57. The minimum atomic E-state index is -0.287. The summed E-state index contributed by atoms with van der Waals surface area (Å²) in [6.07, 6.45) is 7.52. The van der Waals surface area contributed by atoms with Crippen LogP contribution in [0, 0.1) is 6.92 Å². The van der Waals surface area contributed by atoms with Crippen LogP contribution in [0.1, 0.15) is 63.5 Å². The molecular weight excluding hydrogens is 374 g/mol. The number of hydrazine groups is 1. The van der Waals surface area contributed by atoms with Crippen molar-refractivity contribution in [2.75, 3.05) is 0 Å². The molecule has 2 amide bonds. The van der Waals surface area contributed by atoms with Gasteiger partial charge in [0.05, 0.1) is 10.6 Å². The van der Waals surface area contributed by atoms with Gasteiger partial charge in [-0.15, -0.1) is 11.3 Å². The van der Waals surface area contributed by atoms with E-state index in [0.29, 0.717) is 22.6 Å². The number of fused-ring (bicyclic) bond motifs is 1. The zero-order valence-corrected chi connectivity index (χ0v) is 16.3. The zero-order valence-electron chi connectivity index (χ0n) is 14.7. The summed E-state index contributed by atoms with van der Waals surface area (Å²) in [5, 5.41) is 3.95. The van der Waals surface area contributed by atoms with Gasteiger partial charge in [-0.25, -0.2) is 0 Å². The van der Waals surface area contributed by atoms with Gasteiger partial charge in [-0.1, -0.05) is 18.0 Å². The van der Waals surface area contributed by atoms with Crippen LogP contribution in [0.2, 0.25) is 5.22 Å². The summed E-state index contributed by atoms with van der Waals surface area (Å²) in [6.45, 7) is 1.77. The number of rotatable bonds is 4. The zero-order chi connectivity index (χ0) is 18.5. The fourth-order valence-corrected chi connectivity index (χ4v) is 4.50. The molecule has 2 N–H and O–H groups in total. The molecule has 0 unspecified atom stereocenters. The summed E-state index contributed by atoms with van der Waals surface area (Å²) in [7, 11) is 0. The Morgan fingerprint density at radius 2 is 2.00 bits per heavy atom. The Bertz CT molecular complexity index is 755. The van der Waals surface area contributed by atoms with E-state index in [-0.39, 0.29) is 23.5 Å². The first-order chi connectivity index (χ1) is 12.5. The van der Waals surface area contributed by atoms with E-state index in [2.05, 4.69) is 16.0 Å². The van der Waals surface area contributed by atoms with Crippen molar-refractivity contribution in [3.8, 4) is 0 Å². The molecule has 0 fully saturated rings. The molecule has 0 spiro atoms. The van der Waals surface area contributed by atoms with Crippen molar-refractivity contribution in [3.63, 3.8) is 0 Å². The van der Waals surface area contributed by atoms with Crippen molar-refractivity contribution in [1.29, 1.82) is 0 Å². The van der Waals surface area contributed by atoms with E-state index in [9.17, 15) is 9.59 Å². The van der Waals surface area contributed by atoms with Gasteiger partial charge in [-0.2, -0.15) is 0 Å². The van der Waals surface area contributed by atoms with Gasteiger partial charge in [-0.05, 0) is 62.3 Å². The summed E-state index contributed by atoms with van der Waals surface area (Å²) in [5.74, 6) is -0.556. The van der Waals surface area contributed by atoms with Crippen LogP contribution in [-0.2, 0) is 24.1 Å². The number of halogens is 1. The number of aryl methyl sites for hydroxylation is 3. The second kappa shape index (κ2) is 8.68. The average molecular weight is 396 g/mol. The van der Waals surface area contributed by atoms with Crippen molar-refractivity contribution in [2.24, 2.45) is 0 Å². The van der Waals surface area contributed by atoms with E-state index in [0.717, 1.165) is 12.8 Å². The number of aromatic nitrogens is 1. The standard InChI is InChI=1S/C18H22ClN3O3S/c1-11-13(17(19)25-22-11)8-9-16(23)20-21-18(24)15-10-12-6-4-2-3-5-7-14(12)26-15/h10H,2-9H2,1H3,(H,20,23)(H,21,24). The molecular formula is C18H22ClN3O3S. The maximum atomic E-state index is 12.3. The second-order valence-corrected chi connectivity index (χ2v) is 7.98. The van der Waals surface area contributed by atoms with Crippen molar-refractivity contribution in [3.05, 3.63) is 37.9 Å². The topological polar surface area (TPSA) is 84.2 Å². The van der Waals surface area contributed by atoms with E-state index in [1.165, 1.54) is 47.5 Å². The van der Waals surface area contributed by atoms with Crippen LogP contribution < -0.4 is 10.9 Å². The highest BCUT2D eigenvalue weighted by Crippen LogP contribution is 2.28. The molecule has 0 aromatic carbocycles. The molecule has 140 valence electrons. The Kier molecular flexibility index (Phi) is 6.32. The van der Waals surface area contributed by atoms with E-state index in [1.807, 2.05) is 6.07 Å². The van der Waals surface area contributed by atoms with Gasteiger partial charge in [0.1, 0.15) is 0 Å². The lowest BCUT2D eigenvalue weighted by Gasteiger charge is -2.07. The normalized spacial score (nSPS) is 14.2. The van der Waals surface area contributed by atoms with Gasteiger partial charge in [0.2, 0.25) is 11.1 Å². The molecule has 26 heavy (non-hydrogen) atoms. The SMILES string of the molecule is Cc1noc(Cl)c1CCC(=O)NNC(=O)c1cc2c(s1)CCCCCC2. The second-order valence-electron chi connectivity index (χ2n) is 6.50. The summed E-state index contributed by atoms with van der Waals surface area (Å²) >= 11 is 7.41. The van der Waals surface area contributed by atoms with Crippen LogP contribution in [0.4, 0.5) is 0 Å². The van der Waals surface area contributed by atoms with Crippen molar-refractivity contribution < 1.29 is 14.1 Å². The van der Waals surface area contributed by atoms with Gasteiger partial charge in [0.15, 0.2) is 0 Å². The Labute approximate surface area is 161 Å². The molecule has 2 aromatic rings. The quantitative estimate of drug-likeness (QED) is 0.772. The summed E-state index contributed by atoms with van der Waals surface area (Å²) in [4.78, 5) is 26.2. The Morgan fingerprint density at radius 1 is 1.23 bits per heavy atom. The maximum absolute atomic E-state index is 12.3. The lowest BCUT2D eigenvalue weighted by Crippen LogP contribution is -2.41.